The molecular formula is C29H23F3N2O5. The van der Waals surface area contributed by atoms with Crippen molar-refractivity contribution in [2.45, 2.75) is 26.4 Å². The average molecular weight is 537 g/mol. The van der Waals surface area contributed by atoms with E-state index in [1.165, 1.54) is 38.1 Å². The first-order valence-electron chi connectivity index (χ1n) is 11.8. The van der Waals surface area contributed by atoms with Gasteiger partial charge in [0.25, 0.3) is 5.91 Å². The maximum atomic E-state index is 13.6. The molecule has 0 saturated heterocycles. The number of alkyl halides is 3. The lowest BCUT2D eigenvalue weighted by molar-refractivity contribution is -0.153. The van der Waals surface area contributed by atoms with Gasteiger partial charge in [-0.05, 0) is 49.2 Å². The molecule has 1 heterocycles. The van der Waals surface area contributed by atoms with E-state index in [4.69, 9.17) is 4.42 Å². The average Bonchev–Trinajstić information content (AvgIpc) is 3.36. The van der Waals surface area contributed by atoms with Crippen LogP contribution in [0.25, 0.3) is 22.6 Å². The van der Waals surface area contributed by atoms with Crippen LogP contribution < -0.4 is 5.32 Å². The number of oxazole rings is 1. The quantitative estimate of drug-likeness (QED) is 0.236. The monoisotopic (exact) mass is 536 g/mol. The van der Waals surface area contributed by atoms with Gasteiger partial charge >= 0.3 is 12.1 Å². The molecule has 0 spiro atoms. The lowest BCUT2D eigenvalue weighted by Crippen LogP contribution is -2.26. The molecule has 0 aliphatic heterocycles. The Balaban J connectivity index is 1.49. The Morgan fingerprint density at radius 3 is 1.95 bits per heavy atom. The van der Waals surface area contributed by atoms with Crippen molar-refractivity contribution in [3.8, 4) is 22.6 Å². The van der Waals surface area contributed by atoms with Gasteiger partial charge in [-0.3, -0.25) is 14.4 Å². The third kappa shape index (κ3) is 6.23. The lowest BCUT2D eigenvalue weighted by Gasteiger charge is -2.17. The number of halogens is 3. The molecule has 0 saturated carbocycles. The molecule has 0 unspecified atom stereocenters. The van der Waals surface area contributed by atoms with E-state index in [0.29, 0.717) is 11.1 Å². The number of benzene rings is 3. The highest BCUT2D eigenvalue weighted by Crippen LogP contribution is 2.35. The normalized spacial score (nSPS) is 11.7. The largest absolute Gasteiger partial charge is 0.481 e. The van der Waals surface area contributed by atoms with E-state index < -0.39 is 34.9 Å². The summed E-state index contributed by atoms with van der Waals surface area (Å²) < 4.78 is 45.6. The summed E-state index contributed by atoms with van der Waals surface area (Å²) in [6, 6.07) is 20.9. The topological polar surface area (TPSA) is 110 Å². The highest BCUT2D eigenvalue weighted by atomic mass is 19.4. The van der Waals surface area contributed by atoms with E-state index in [-0.39, 0.29) is 23.8 Å². The summed E-state index contributed by atoms with van der Waals surface area (Å²) in [6.07, 6.45) is -5.07. The van der Waals surface area contributed by atoms with Crippen LogP contribution in [0, 0.1) is 5.41 Å². The van der Waals surface area contributed by atoms with Crippen molar-refractivity contribution < 1.29 is 37.1 Å². The first-order valence-corrected chi connectivity index (χ1v) is 11.8. The molecule has 4 aromatic rings. The van der Waals surface area contributed by atoms with Crippen LogP contribution >= 0.6 is 0 Å². The molecule has 0 aliphatic rings. The zero-order valence-electron chi connectivity index (χ0n) is 20.9. The molecule has 7 nitrogen and oxygen atoms in total. The fourth-order valence-corrected chi connectivity index (χ4v) is 3.73. The van der Waals surface area contributed by atoms with Crippen molar-refractivity contribution >= 4 is 23.3 Å². The number of nitrogens with one attached hydrogen (secondary N) is 1. The van der Waals surface area contributed by atoms with Crippen LogP contribution in [0.3, 0.4) is 0 Å². The van der Waals surface area contributed by atoms with Gasteiger partial charge in [0.05, 0.1) is 5.41 Å². The summed E-state index contributed by atoms with van der Waals surface area (Å²) >= 11 is 0. The Morgan fingerprint density at radius 2 is 1.41 bits per heavy atom. The van der Waals surface area contributed by atoms with Crippen molar-refractivity contribution in [2.24, 2.45) is 5.41 Å². The van der Waals surface area contributed by atoms with Gasteiger partial charge < -0.3 is 14.8 Å². The summed E-state index contributed by atoms with van der Waals surface area (Å²) in [5, 5.41) is 11.6. The molecule has 0 fully saturated rings. The first kappa shape index (κ1) is 27.3. The second-order valence-corrected chi connectivity index (χ2v) is 9.46. The van der Waals surface area contributed by atoms with Crippen LogP contribution in [0.4, 0.5) is 18.9 Å². The molecule has 0 aliphatic carbocycles. The Bertz CT molecular complexity index is 1510. The molecule has 200 valence electrons. The molecule has 10 heteroatoms. The number of ketones is 1. The van der Waals surface area contributed by atoms with E-state index in [9.17, 15) is 32.7 Å². The molecule has 0 bridgehead atoms. The van der Waals surface area contributed by atoms with Crippen molar-refractivity contribution in [3.05, 3.63) is 95.9 Å². The SMILES string of the molecule is CC(C)(CC(=O)c1ccc(-c2ccc(NC(=O)c3nc(-c4ccccc4)oc3C(F)(F)F)cc2)cc1)C(=O)O. The van der Waals surface area contributed by atoms with E-state index in [2.05, 4.69) is 10.3 Å². The van der Waals surface area contributed by atoms with E-state index >= 15 is 0 Å². The van der Waals surface area contributed by atoms with Crippen LogP contribution in [-0.2, 0) is 11.0 Å². The van der Waals surface area contributed by atoms with Gasteiger partial charge in [0.2, 0.25) is 11.7 Å². The number of carboxylic acids is 1. The minimum absolute atomic E-state index is 0.148. The molecule has 0 radical (unpaired) electrons. The minimum Gasteiger partial charge on any atom is -0.481 e. The van der Waals surface area contributed by atoms with Crippen LogP contribution in [0.2, 0.25) is 0 Å². The summed E-state index contributed by atoms with van der Waals surface area (Å²) in [4.78, 5) is 40.3. The second kappa shape index (κ2) is 10.6. The summed E-state index contributed by atoms with van der Waals surface area (Å²) in [5.41, 5.74) is 0.309. The molecular weight excluding hydrogens is 513 g/mol. The van der Waals surface area contributed by atoms with Gasteiger partial charge in [-0.15, -0.1) is 0 Å². The maximum Gasteiger partial charge on any atom is 0.452 e. The number of anilines is 1. The zero-order chi connectivity index (χ0) is 28.4. The number of aliphatic carboxylic acids is 1. The predicted octanol–water partition coefficient (Wildman–Crippen LogP) is 6.96. The number of nitrogens with zero attached hydrogens (tertiary/aromatic N) is 1. The van der Waals surface area contributed by atoms with Crippen LogP contribution in [0.5, 0.6) is 0 Å². The first-order chi connectivity index (χ1) is 18.3. The molecule has 1 amide bonds. The van der Waals surface area contributed by atoms with Crippen molar-refractivity contribution in [3.63, 3.8) is 0 Å². The molecule has 1 aromatic heterocycles. The predicted molar refractivity (Wildman–Crippen MR) is 137 cm³/mol. The Morgan fingerprint density at radius 1 is 0.846 bits per heavy atom. The lowest BCUT2D eigenvalue weighted by atomic mass is 9.85. The fraction of sp³-hybridized carbons (Fsp3) is 0.172. The smallest absolute Gasteiger partial charge is 0.452 e. The number of carboxylic acid groups (broad SMARTS) is 1. The molecule has 2 N–H and O–H groups in total. The maximum absolute atomic E-state index is 13.6. The van der Waals surface area contributed by atoms with Gasteiger partial charge in [0.15, 0.2) is 11.5 Å². The van der Waals surface area contributed by atoms with Crippen molar-refractivity contribution in [1.82, 2.24) is 4.98 Å². The number of carbonyl (C=O) groups is 3. The highest BCUT2D eigenvalue weighted by molar-refractivity contribution is 6.04. The Hall–Kier alpha value is -4.73. The Labute approximate surface area is 221 Å². The van der Waals surface area contributed by atoms with Gasteiger partial charge in [-0.1, -0.05) is 54.6 Å². The van der Waals surface area contributed by atoms with E-state index in [1.54, 1.807) is 54.6 Å². The van der Waals surface area contributed by atoms with E-state index in [1.807, 2.05) is 0 Å². The highest BCUT2D eigenvalue weighted by Gasteiger charge is 2.42. The zero-order valence-corrected chi connectivity index (χ0v) is 20.9. The van der Waals surface area contributed by atoms with Gasteiger partial charge in [-0.2, -0.15) is 13.2 Å². The summed E-state index contributed by atoms with van der Waals surface area (Å²) in [5.74, 6) is -4.25. The van der Waals surface area contributed by atoms with Crippen molar-refractivity contribution in [1.29, 1.82) is 0 Å². The second-order valence-electron chi connectivity index (χ2n) is 9.46. The van der Waals surface area contributed by atoms with Gasteiger partial charge in [-0.25, -0.2) is 4.98 Å². The third-order valence-electron chi connectivity index (χ3n) is 5.98. The van der Waals surface area contributed by atoms with Gasteiger partial charge in [0.1, 0.15) is 0 Å². The van der Waals surface area contributed by atoms with Crippen LogP contribution in [0.1, 0.15) is 46.9 Å². The van der Waals surface area contributed by atoms with Crippen molar-refractivity contribution in [2.75, 3.05) is 5.32 Å². The van der Waals surface area contributed by atoms with E-state index in [0.717, 1.165) is 11.1 Å². The standard InChI is InChI=1S/C29H23F3N2O5/c1-28(2,27(37)38)16-22(35)19-10-8-17(9-11-19)18-12-14-21(15-13-18)33-25(36)23-24(29(30,31)32)39-26(34-23)20-6-4-3-5-7-20/h3-15H,16H2,1-2H3,(H,33,36)(H,37,38). The number of amides is 1. The molecule has 4 rings (SSSR count). The molecule has 3 aromatic carbocycles. The number of Topliss-reactive ketones (excluding diaryl/α,β-unsaturated/α-hetero) is 1. The number of hydrogen-bond acceptors (Lipinski definition) is 5. The number of aromatic nitrogens is 1. The number of rotatable bonds is 8. The van der Waals surface area contributed by atoms with Gasteiger partial charge in [0, 0.05) is 23.2 Å². The summed E-state index contributed by atoms with van der Waals surface area (Å²) in [7, 11) is 0. The minimum atomic E-state index is -4.92. The Kier molecular flexibility index (Phi) is 7.40. The third-order valence-corrected chi connectivity index (χ3v) is 5.98. The number of hydrogen-bond donors (Lipinski definition) is 2. The van der Waals surface area contributed by atoms with Crippen LogP contribution in [0.15, 0.2) is 83.3 Å². The summed E-state index contributed by atoms with van der Waals surface area (Å²) in [6.45, 7) is 2.97. The molecule has 0 atom stereocenters. The number of carbonyl (C=O) groups excluding carboxylic acids is 2. The molecule has 39 heavy (non-hydrogen) atoms. The van der Waals surface area contributed by atoms with Crippen LogP contribution in [-0.4, -0.2) is 27.8 Å². The fourth-order valence-electron chi connectivity index (χ4n) is 3.73.